The summed E-state index contributed by atoms with van der Waals surface area (Å²) in [5, 5.41) is 3.20. The minimum atomic E-state index is -0.227. The van der Waals surface area contributed by atoms with E-state index in [0.717, 1.165) is 24.1 Å². The number of halogens is 2. The van der Waals surface area contributed by atoms with Crippen molar-refractivity contribution in [3.63, 3.8) is 0 Å². The van der Waals surface area contributed by atoms with Crippen molar-refractivity contribution in [3.8, 4) is 0 Å². The standard InChI is InChI=1S/C10H10FN3.ClH/c11-7-1-2-10-9(3-7)13-6-14(10)8-4-12-5-8;/h1-3,6,8,12H,4-5H2;1H. The average molecular weight is 228 g/mol. The highest BCUT2D eigenvalue weighted by Crippen LogP contribution is 2.20. The van der Waals surface area contributed by atoms with Crippen LogP contribution in [0.2, 0.25) is 0 Å². The maximum atomic E-state index is 12.9. The fraction of sp³-hybridized carbons (Fsp3) is 0.300. The summed E-state index contributed by atoms with van der Waals surface area (Å²) in [6, 6.07) is 5.21. The van der Waals surface area contributed by atoms with Crippen LogP contribution in [-0.2, 0) is 0 Å². The van der Waals surface area contributed by atoms with E-state index in [1.807, 2.05) is 0 Å². The molecule has 0 radical (unpaired) electrons. The molecule has 0 spiro atoms. The molecule has 0 amide bonds. The molecule has 2 aromatic rings. The largest absolute Gasteiger partial charge is 0.325 e. The lowest BCUT2D eigenvalue weighted by Crippen LogP contribution is -2.43. The Morgan fingerprint density at radius 2 is 2.20 bits per heavy atom. The molecule has 1 aromatic carbocycles. The van der Waals surface area contributed by atoms with Crippen molar-refractivity contribution in [2.75, 3.05) is 13.1 Å². The van der Waals surface area contributed by atoms with Crippen LogP contribution in [0.4, 0.5) is 4.39 Å². The molecule has 0 aliphatic carbocycles. The summed E-state index contributed by atoms with van der Waals surface area (Å²) in [5.41, 5.74) is 1.75. The highest BCUT2D eigenvalue weighted by molar-refractivity contribution is 5.85. The Kier molecular flexibility index (Phi) is 2.63. The quantitative estimate of drug-likeness (QED) is 0.805. The lowest BCUT2D eigenvalue weighted by atomic mass is 10.1. The van der Waals surface area contributed by atoms with E-state index >= 15 is 0 Å². The summed E-state index contributed by atoms with van der Waals surface area (Å²) in [6.07, 6.45) is 1.79. The van der Waals surface area contributed by atoms with E-state index in [1.54, 1.807) is 12.4 Å². The first kappa shape index (κ1) is 10.4. The van der Waals surface area contributed by atoms with Crippen LogP contribution in [0.1, 0.15) is 6.04 Å². The monoisotopic (exact) mass is 227 g/mol. The number of benzene rings is 1. The predicted molar refractivity (Wildman–Crippen MR) is 58.8 cm³/mol. The van der Waals surface area contributed by atoms with E-state index in [1.165, 1.54) is 12.1 Å². The molecule has 0 saturated carbocycles. The van der Waals surface area contributed by atoms with Crippen LogP contribution in [0.15, 0.2) is 24.5 Å². The minimum Gasteiger partial charge on any atom is -0.325 e. The third kappa shape index (κ3) is 1.60. The summed E-state index contributed by atoms with van der Waals surface area (Å²) in [6.45, 7) is 1.95. The van der Waals surface area contributed by atoms with Gasteiger partial charge in [0.1, 0.15) is 5.82 Å². The lowest BCUT2D eigenvalue weighted by molar-refractivity contribution is 0.350. The molecule has 1 aliphatic rings. The van der Waals surface area contributed by atoms with Crippen molar-refractivity contribution in [1.82, 2.24) is 14.9 Å². The maximum Gasteiger partial charge on any atom is 0.125 e. The van der Waals surface area contributed by atoms with Gasteiger partial charge in [0, 0.05) is 19.2 Å². The Labute approximate surface area is 92.7 Å². The van der Waals surface area contributed by atoms with E-state index in [0.29, 0.717) is 6.04 Å². The summed E-state index contributed by atoms with van der Waals surface area (Å²) in [7, 11) is 0. The highest BCUT2D eigenvalue weighted by atomic mass is 35.5. The third-order valence-electron chi connectivity index (χ3n) is 2.69. The Morgan fingerprint density at radius 3 is 2.87 bits per heavy atom. The zero-order chi connectivity index (χ0) is 9.54. The van der Waals surface area contributed by atoms with E-state index < -0.39 is 0 Å². The van der Waals surface area contributed by atoms with Gasteiger partial charge in [-0.1, -0.05) is 0 Å². The van der Waals surface area contributed by atoms with Crippen molar-refractivity contribution < 1.29 is 4.39 Å². The summed E-state index contributed by atoms with van der Waals surface area (Å²) in [4.78, 5) is 4.18. The van der Waals surface area contributed by atoms with E-state index in [9.17, 15) is 4.39 Å². The Balaban J connectivity index is 0.000000853. The molecular weight excluding hydrogens is 217 g/mol. The number of nitrogens with one attached hydrogen (secondary N) is 1. The van der Waals surface area contributed by atoms with E-state index in [-0.39, 0.29) is 18.2 Å². The van der Waals surface area contributed by atoms with Gasteiger partial charge < -0.3 is 9.88 Å². The molecule has 3 nitrogen and oxygen atoms in total. The van der Waals surface area contributed by atoms with Gasteiger partial charge in [-0.15, -0.1) is 12.4 Å². The predicted octanol–water partition coefficient (Wildman–Crippen LogP) is 1.74. The first-order valence-electron chi connectivity index (χ1n) is 4.67. The Hall–Kier alpha value is -1.13. The SMILES string of the molecule is Cl.Fc1ccc2c(c1)ncn2C1CNC1. The number of fused-ring (bicyclic) bond motifs is 1. The number of imidazole rings is 1. The van der Waals surface area contributed by atoms with Crippen molar-refractivity contribution in [2.45, 2.75) is 6.04 Å². The summed E-state index contributed by atoms with van der Waals surface area (Å²) >= 11 is 0. The number of hydrogen-bond acceptors (Lipinski definition) is 2. The third-order valence-corrected chi connectivity index (χ3v) is 2.69. The van der Waals surface area contributed by atoms with Gasteiger partial charge in [-0.2, -0.15) is 0 Å². The molecule has 1 fully saturated rings. The molecule has 0 bridgehead atoms. The number of aromatic nitrogens is 2. The molecule has 0 unspecified atom stereocenters. The second kappa shape index (κ2) is 3.79. The molecule has 0 atom stereocenters. The van der Waals surface area contributed by atoms with Gasteiger partial charge in [0.25, 0.3) is 0 Å². The molecule has 1 aromatic heterocycles. The first-order chi connectivity index (χ1) is 6.84. The molecule has 1 aliphatic heterocycles. The van der Waals surface area contributed by atoms with Crippen molar-refractivity contribution >= 4 is 23.4 Å². The zero-order valence-electron chi connectivity index (χ0n) is 7.98. The summed E-state index contributed by atoms with van der Waals surface area (Å²) < 4.78 is 15.0. The van der Waals surface area contributed by atoms with Crippen molar-refractivity contribution in [1.29, 1.82) is 0 Å². The van der Waals surface area contributed by atoms with Gasteiger partial charge in [0.2, 0.25) is 0 Å². The molecule has 5 heteroatoms. The second-order valence-corrected chi connectivity index (χ2v) is 3.60. The number of rotatable bonds is 1. The topological polar surface area (TPSA) is 29.9 Å². The average Bonchev–Trinajstić information content (AvgIpc) is 2.45. The zero-order valence-corrected chi connectivity index (χ0v) is 8.80. The van der Waals surface area contributed by atoms with Crippen LogP contribution in [0.5, 0.6) is 0 Å². The first-order valence-corrected chi connectivity index (χ1v) is 4.67. The molecule has 15 heavy (non-hydrogen) atoms. The van der Waals surface area contributed by atoms with E-state index in [2.05, 4.69) is 14.9 Å². The molecule has 1 saturated heterocycles. The second-order valence-electron chi connectivity index (χ2n) is 3.60. The highest BCUT2D eigenvalue weighted by Gasteiger charge is 2.20. The molecule has 3 rings (SSSR count). The fourth-order valence-electron chi connectivity index (χ4n) is 1.77. The Morgan fingerprint density at radius 1 is 1.40 bits per heavy atom. The van der Waals surface area contributed by atoms with Crippen LogP contribution in [0, 0.1) is 5.82 Å². The van der Waals surface area contributed by atoms with Gasteiger partial charge in [0.05, 0.1) is 23.4 Å². The van der Waals surface area contributed by atoms with Crippen molar-refractivity contribution in [2.24, 2.45) is 0 Å². The number of hydrogen-bond donors (Lipinski definition) is 1. The van der Waals surface area contributed by atoms with Crippen molar-refractivity contribution in [3.05, 3.63) is 30.3 Å². The fourth-order valence-corrected chi connectivity index (χ4v) is 1.77. The van der Waals surface area contributed by atoms with E-state index in [4.69, 9.17) is 0 Å². The molecular formula is C10H11ClFN3. The lowest BCUT2D eigenvalue weighted by Gasteiger charge is -2.28. The van der Waals surface area contributed by atoms with Gasteiger partial charge >= 0.3 is 0 Å². The minimum absolute atomic E-state index is 0. The van der Waals surface area contributed by atoms with Gasteiger partial charge in [-0.05, 0) is 12.1 Å². The van der Waals surface area contributed by atoms with Crippen LogP contribution < -0.4 is 5.32 Å². The van der Waals surface area contributed by atoms with Gasteiger partial charge in [0.15, 0.2) is 0 Å². The van der Waals surface area contributed by atoms with Crippen LogP contribution in [-0.4, -0.2) is 22.6 Å². The van der Waals surface area contributed by atoms with Crippen LogP contribution in [0.25, 0.3) is 11.0 Å². The molecule has 80 valence electrons. The number of nitrogens with zero attached hydrogens (tertiary/aromatic N) is 2. The maximum absolute atomic E-state index is 12.9. The van der Waals surface area contributed by atoms with Gasteiger partial charge in [-0.25, -0.2) is 9.37 Å². The molecule has 2 heterocycles. The van der Waals surface area contributed by atoms with Gasteiger partial charge in [-0.3, -0.25) is 0 Å². The molecule has 1 N–H and O–H groups in total. The normalized spacial score (nSPS) is 16.1. The van der Waals surface area contributed by atoms with Crippen LogP contribution in [0.3, 0.4) is 0 Å². The summed E-state index contributed by atoms with van der Waals surface area (Å²) in [5.74, 6) is -0.227. The van der Waals surface area contributed by atoms with Crippen LogP contribution >= 0.6 is 12.4 Å². The smallest absolute Gasteiger partial charge is 0.125 e. The Bertz CT molecular complexity index is 478.